The van der Waals surface area contributed by atoms with Crippen LogP contribution in [0.2, 0.25) is 10.0 Å². The average molecular weight is 439 g/mol. The average Bonchev–Trinajstić information content (AvgIpc) is 2.39. The molecule has 0 unspecified atom stereocenters. The van der Waals surface area contributed by atoms with Gasteiger partial charge in [0.2, 0.25) is 0 Å². The zero-order chi connectivity index (χ0) is 14.9. The van der Waals surface area contributed by atoms with E-state index < -0.39 is 0 Å². The van der Waals surface area contributed by atoms with Crippen molar-refractivity contribution in [2.24, 2.45) is 0 Å². The van der Waals surface area contributed by atoms with Crippen molar-refractivity contribution in [2.75, 3.05) is 11.1 Å². The first-order chi connectivity index (χ1) is 9.40. The van der Waals surface area contributed by atoms with Crippen LogP contribution < -0.4 is 11.1 Å². The maximum absolute atomic E-state index is 12.2. The van der Waals surface area contributed by atoms with Crippen LogP contribution in [0.5, 0.6) is 0 Å². The minimum atomic E-state index is -0.352. The van der Waals surface area contributed by atoms with E-state index in [-0.39, 0.29) is 10.9 Å². The van der Waals surface area contributed by atoms with Gasteiger partial charge in [0.15, 0.2) is 0 Å². The number of anilines is 2. The lowest BCUT2D eigenvalue weighted by Crippen LogP contribution is -2.14. The molecular formula is C13H8Br2Cl2N2O. The highest BCUT2D eigenvalue weighted by molar-refractivity contribution is 9.10. The lowest BCUT2D eigenvalue weighted by atomic mass is 10.1. The highest BCUT2D eigenvalue weighted by atomic mass is 79.9. The summed E-state index contributed by atoms with van der Waals surface area (Å²) in [5, 5.41) is 3.29. The Morgan fingerprint density at radius 2 is 1.80 bits per heavy atom. The van der Waals surface area contributed by atoms with E-state index in [9.17, 15) is 4.79 Å². The van der Waals surface area contributed by atoms with Crippen LogP contribution in [0.3, 0.4) is 0 Å². The fraction of sp³-hybridized carbons (Fsp3) is 0. The Kier molecular flexibility index (Phi) is 4.96. The quantitative estimate of drug-likeness (QED) is 0.490. The van der Waals surface area contributed by atoms with Crippen molar-refractivity contribution in [3.05, 3.63) is 54.9 Å². The van der Waals surface area contributed by atoms with Crippen molar-refractivity contribution in [3.63, 3.8) is 0 Å². The van der Waals surface area contributed by atoms with E-state index in [1.165, 1.54) is 0 Å². The maximum atomic E-state index is 12.2. The zero-order valence-electron chi connectivity index (χ0n) is 9.88. The molecule has 1 amide bonds. The minimum absolute atomic E-state index is 0.269. The van der Waals surface area contributed by atoms with Gasteiger partial charge in [-0.2, -0.15) is 0 Å². The Morgan fingerprint density at radius 1 is 1.10 bits per heavy atom. The third-order valence-corrected chi connectivity index (χ3v) is 4.81. The number of halogens is 4. The smallest absolute Gasteiger partial charge is 0.257 e. The van der Waals surface area contributed by atoms with E-state index in [1.807, 2.05) is 0 Å². The number of hydrogen-bond acceptors (Lipinski definition) is 2. The molecule has 0 aliphatic rings. The predicted octanol–water partition coefficient (Wildman–Crippen LogP) is 5.35. The predicted molar refractivity (Wildman–Crippen MR) is 90.7 cm³/mol. The molecular weight excluding hydrogens is 431 g/mol. The highest BCUT2D eigenvalue weighted by Gasteiger charge is 2.14. The van der Waals surface area contributed by atoms with Crippen molar-refractivity contribution in [3.8, 4) is 0 Å². The molecule has 3 N–H and O–H groups in total. The van der Waals surface area contributed by atoms with E-state index in [1.54, 1.807) is 30.3 Å². The monoisotopic (exact) mass is 436 g/mol. The number of carbonyl (C=O) groups excluding carboxylic acids is 1. The molecule has 0 saturated heterocycles. The van der Waals surface area contributed by atoms with Crippen molar-refractivity contribution in [1.29, 1.82) is 0 Å². The fourth-order valence-corrected chi connectivity index (χ4v) is 2.75. The van der Waals surface area contributed by atoms with Crippen molar-refractivity contribution < 1.29 is 4.79 Å². The first-order valence-corrected chi connectivity index (χ1v) is 7.74. The van der Waals surface area contributed by atoms with E-state index in [2.05, 4.69) is 37.2 Å². The molecule has 0 aliphatic carbocycles. The summed E-state index contributed by atoms with van der Waals surface area (Å²) in [4.78, 5) is 12.2. The van der Waals surface area contributed by atoms with Gasteiger partial charge in [-0.3, -0.25) is 4.79 Å². The molecule has 0 atom stereocenters. The molecule has 0 fully saturated rings. The van der Waals surface area contributed by atoms with Gasteiger partial charge in [0.25, 0.3) is 5.91 Å². The molecule has 7 heteroatoms. The summed E-state index contributed by atoms with van der Waals surface area (Å²) in [7, 11) is 0. The zero-order valence-corrected chi connectivity index (χ0v) is 14.6. The maximum Gasteiger partial charge on any atom is 0.257 e. The normalized spacial score (nSPS) is 10.4. The molecule has 0 heterocycles. The number of hydrogen-bond donors (Lipinski definition) is 2. The molecule has 0 saturated carbocycles. The number of rotatable bonds is 2. The van der Waals surface area contributed by atoms with E-state index in [4.69, 9.17) is 28.9 Å². The number of nitrogens with two attached hydrogens (primary N) is 1. The Balaban J connectivity index is 2.30. The summed E-state index contributed by atoms with van der Waals surface area (Å²) in [6.07, 6.45) is 0. The summed E-state index contributed by atoms with van der Waals surface area (Å²) in [5.41, 5.74) is 6.97. The third kappa shape index (κ3) is 3.28. The lowest BCUT2D eigenvalue weighted by molar-refractivity contribution is 0.102. The summed E-state index contributed by atoms with van der Waals surface area (Å²) >= 11 is 18.6. The minimum Gasteiger partial charge on any atom is -0.398 e. The van der Waals surface area contributed by atoms with Gasteiger partial charge in [0.1, 0.15) is 0 Å². The molecule has 3 nitrogen and oxygen atoms in total. The molecule has 0 bridgehead atoms. The topological polar surface area (TPSA) is 55.1 Å². The van der Waals surface area contributed by atoms with E-state index >= 15 is 0 Å². The van der Waals surface area contributed by atoms with Gasteiger partial charge < -0.3 is 11.1 Å². The summed E-state index contributed by atoms with van der Waals surface area (Å²) in [6, 6.07) is 8.38. The Morgan fingerprint density at radius 3 is 2.45 bits per heavy atom. The van der Waals surface area contributed by atoms with Crippen LogP contribution in [0.25, 0.3) is 0 Å². The van der Waals surface area contributed by atoms with E-state index in [0.29, 0.717) is 26.4 Å². The SMILES string of the molecule is Nc1cc(Br)ccc1C(=O)Nc1ccc(Br)c(Cl)c1Cl. The Bertz CT molecular complexity index is 692. The van der Waals surface area contributed by atoms with Gasteiger partial charge in [0.05, 0.1) is 21.3 Å². The largest absolute Gasteiger partial charge is 0.398 e. The molecule has 0 radical (unpaired) electrons. The molecule has 0 aromatic heterocycles. The van der Waals surface area contributed by atoms with Gasteiger partial charge in [-0.25, -0.2) is 0 Å². The van der Waals surface area contributed by atoms with Gasteiger partial charge in [0, 0.05) is 14.6 Å². The number of nitrogens with one attached hydrogen (secondary N) is 1. The number of amides is 1. The third-order valence-electron chi connectivity index (χ3n) is 2.54. The van der Waals surface area contributed by atoms with E-state index in [0.717, 1.165) is 4.47 Å². The van der Waals surface area contributed by atoms with Crippen molar-refractivity contribution in [2.45, 2.75) is 0 Å². The number of carbonyl (C=O) groups is 1. The standard InChI is InChI=1S/C13H8Br2Cl2N2O/c14-6-1-2-7(9(18)5-6)13(20)19-10-4-3-8(15)11(16)12(10)17/h1-5H,18H2,(H,19,20). The van der Waals surface area contributed by atoms with Gasteiger partial charge >= 0.3 is 0 Å². The van der Waals surface area contributed by atoms with Crippen LogP contribution in [-0.4, -0.2) is 5.91 Å². The Labute approximate surface area is 142 Å². The van der Waals surface area contributed by atoms with Crippen LogP contribution in [-0.2, 0) is 0 Å². The second-order valence-corrected chi connectivity index (χ2v) is 6.43. The molecule has 2 aromatic rings. The molecule has 104 valence electrons. The molecule has 20 heavy (non-hydrogen) atoms. The van der Waals surface area contributed by atoms with Gasteiger partial charge in [-0.05, 0) is 46.3 Å². The summed E-state index contributed by atoms with van der Waals surface area (Å²) in [5.74, 6) is -0.352. The van der Waals surface area contributed by atoms with Crippen molar-refractivity contribution >= 4 is 72.3 Å². The highest BCUT2D eigenvalue weighted by Crippen LogP contribution is 2.36. The van der Waals surface area contributed by atoms with Gasteiger partial charge in [-0.15, -0.1) is 0 Å². The summed E-state index contributed by atoms with van der Waals surface area (Å²) in [6.45, 7) is 0. The summed E-state index contributed by atoms with van der Waals surface area (Å²) < 4.78 is 1.46. The lowest BCUT2D eigenvalue weighted by Gasteiger charge is -2.11. The first-order valence-electron chi connectivity index (χ1n) is 5.40. The molecule has 2 rings (SSSR count). The van der Waals surface area contributed by atoms with Crippen LogP contribution >= 0.6 is 55.1 Å². The van der Waals surface area contributed by atoms with Crippen molar-refractivity contribution in [1.82, 2.24) is 0 Å². The molecule has 2 aromatic carbocycles. The van der Waals surface area contributed by atoms with Crippen LogP contribution in [0.4, 0.5) is 11.4 Å². The second kappa shape index (κ2) is 6.35. The number of benzene rings is 2. The molecule has 0 aliphatic heterocycles. The van der Waals surface area contributed by atoms with Crippen LogP contribution in [0.1, 0.15) is 10.4 Å². The molecule has 0 spiro atoms. The number of nitrogen functional groups attached to an aromatic ring is 1. The second-order valence-electron chi connectivity index (χ2n) is 3.91. The first kappa shape index (κ1) is 15.6. The van der Waals surface area contributed by atoms with Crippen LogP contribution in [0, 0.1) is 0 Å². The Hall–Kier alpha value is -0.750. The van der Waals surface area contributed by atoms with Gasteiger partial charge in [-0.1, -0.05) is 39.1 Å². The van der Waals surface area contributed by atoms with Crippen LogP contribution in [0.15, 0.2) is 39.3 Å². The fourth-order valence-electron chi connectivity index (χ4n) is 1.55.